The van der Waals surface area contributed by atoms with Crippen molar-refractivity contribution in [2.75, 3.05) is 6.61 Å². The minimum absolute atomic E-state index is 0.303. The summed E-state index contributed by atoms with van der Waals surface area (Å²) in [5.74, 6) is -1.65. The highest BCUT2D eigenvalue weighted by Crippen LogP contribution is 1.85. The van der Waals surface area contributed by atoms with E-state index in [1.807, 2.05) is 6.92 Å². The van der Waals surface area contributed by atoms with E-state index in [0.29, 0.717) is 13.0 Å². The summed E-state index contributed by atoms with van der Waals surface area (Å²) in [7, 11) is 0. The topological polar surface area (TPSA) is 72.8 Å². The van der Waals surface area contributed by atoms with Crippen LogP contribution < -0.4 is 0 Å². The van der Waals surface area contributed by atoms with Gasteiger partial charge < -0.3 is 4.74 Å². The highest BCUT2D eigenvalue weighted by atomic mass is 17.1. The van der Waals surface area contributed by atoms with Gasteiger partial charge in [0.1, 0.15) is 0 Å². The predicted octanol–water partition coefficient (Wildman–Crippen LogP) is 0.512. The largest absolute Gasteiger partial charge is 0.463 e. The van der Waals surface area contributed by atoms with Crippen molar-refractivity contribution in [3.63, 3.8) is 0 Å². The molecule has 0 aliphatic carbocycles. The van der Waals surface area contributed by atoms with E-state index >= 15 is 0 Å². The van der Waals surface area contributed by atoms with Crippen LogP contribution in [0.1, 0.15) is 13.3 Å². The molecule has 0 saturated heterocycles. The summed E-state index contributed by atoms with van der Waals surface area (Å²) in [5, 5.41) is 7.77. The minimum atomic E-state index is -1.01. The van der Waals surface area contributed by atoms with Crippen molar-refractivity contribution < 1.29 is 24.5 Å². The van der Waals surface area contributed by atoms with E-state index in [1.54, 1.807) is 0 Å². The molecule has 0 amide bonds. The summed E-state index contributed by atoms with van der Waals surface area (Å²) >= 11 is 0. The molecule has 0 unspecified atom stereocenters. The van der Waals surface area contributed by atoms with Gasteiger partial charge in [-0.15, -0.1) is 0 Å². The first-order chi connectivity index (χ1) is 5.70. The molecule has 0 aromatic heterocycles. The fourth-order valence-electron chi connectivity index (χ4n) is 0.417. The van der Waals surface area contributed by atoms with Crippen LogP contribution in [-0.2, 0) is 19.2 Å². The van der Waals surface area contributed by atoms with Crippen molar-refractivity contribution in [3.05, 3.63) is 12.2 Å². The molecular formula is C7H10O5. The van der Waals surface area contributed by atoms with Gasteiger partial charge in [0.25, 0.3) is 0 Å². The summed E-state index contributed by atoms with van der Waals surface area (Å²) in [5.41, 5.74) is 0. The van der Waals surface area contributed by atoms with Crippen LogP contribution in [0.4, 0.5) is 0 Å². The van der Waals surface area contributed by atoms with Gasteiger partial charge in [-0.2, -0.15) is 5.26 Å². The van der Waals surface area contributed by atoms with Crippen molar-refractivity contribution in [1.82, 2.24) is 0 Å². The highest BCUT2D eigenvalue weighted by Gasteiger charge is 1.98. The lowest BCUT2D eigenvalue weighted by molar-refractivity contribution is -0.228. The molecule has 5 nitrogen and oxygen atoms in total. The molecule has 0 aromatic rings. The third kappa shape index (κ3) is 5.43. The normalized spacial score (nSPS) is 9.83. The number of ether oxygens (including phenoxy) is 1. The Balaban J connectivity index is 3.67. The average molecular weight is 174 g/mol. The van der Waals surface area contributed by atoms with Crippen LogP contribution in [0.5, 0.6) is 0 Å². The molecule has 0 aliphatic heterocycles. The van der Waals surface area contributed by atoms with Crippen molar-refractivity contribution in [1.29, 1.82) is 0 Å². The molecule has 0 rings (SSSR count). The second kappa shape index (κ2) is 6.36. The fourth-order valence-corrected chi connectivity index (χ4v) is 0.417. The Labute approximate surface area is 69.5 Å². The molecule has 0 radical (unpaired) electrons. The zero-order chi connectivity index (χ0) is 9.40. The van der Waals surface area contributed by atoms with E-state index in [-0.39, 0.29) is 0 Å². The number of esters is 1. The molecule has 1 N–H and O–H groups in total. The van der Waals surface area contributed by atoms with E-state index < -0.39 is 11.9 Å². The molecule has 5 heteroatoms. The lowest BCUT2D eigenvalue weighted by Gasteiger charge is -1.96. The summed E-state index contributed by atoms with van der Waals surface area (Å²) in [6.07, 6.45) is 2.37. The lowest BCUT2D eigenvalue weighted by Crippen LogP contribution is -2.03. The van der Waals surface area contributed by atoms with Gasteiger partial charge in [-0.3, -0.25) is 4.89 Å². The molecule has 0 aliphatic rings. The molecule has 0 fully saturated rings. The van der Waals surface area contributed by atoms with Crippen LogP contribution in [0.2, 0.25) is 0 Å². The van der Waals surface area contributed by atoms with Gasteiger partial charge >= 0.3 is 11.9 Å². The van der Waals surface area contributed by atoms with E-state index in [1.165, 1.54) is 0 Å². The first kappa shape index (κ1) is 10.6. The lowest BCUT2D eigenvalue weighted by atomic mass is 10.5. The summed E-state index contributed by atoms with van der Waals surface area (Å²) in [6.45, 7) is 2.15. The number of hydrogen-bond donors (Lipinski definition) is 1. The highest BCUT2D eigenvalue weighted by molar-refractivity contribution is 5.91. The van der Waals surface area contributed by atoms with Crippen LogP contribution in [0.15, 0.2) is 12.2 Å². The first-order valence-electron chi connectivity index (χ1n) is 3.41. The Hall–Kier alpha value is -1.36. The molecule has 0 saturated carbocycles. The maximum atomic E-state index is 10.6. The SMILES string of the molecule is CCCOC(=O)C=CC(=O)OO. The summed E-state index contributed by atoms with van der Waals surface area (Å²) in [4.78, 5) is 24.1. The quantitative estimate of drug-likeness (QED) is 0.291. The fraction of sp³-hybridized carbons (Fsp3) is 0.429. The maximum Gasteiger partial charge on any atom is 0.365 e. The third-order valence-electron chi connectivity index (χ3n) is 0.894. The molecule has 0 atom stereocenters. The van der Waals surface area contributed by atoms with Crippen LogP contribution in [0.25, 0.3) is 0 Å². The Kier molecular flexibility index (Phi) is 5.64. The van der Waals surface area contributed by atoms with Gasteiger partial charge in [0, 0.05) is 12.2 Å². The third-order valence-corrected chi connectivity index (χ3v) is 0.894. The Morgan fingerprint density at radius 1 is 1.33 bits per heavy atom. The van der Waals surface area contributed by atoms with Gasteiger partial charge in [-0.05, 0) is 6.42 Å². The zero-order valence-electron chi connectivity index (χ0n) is 6.65. The van der Waals surface area contributed by atoms with Gasteiger partial charge in [-0.25, -0.2) is 9.59 Å². The zero-order valence-corrected chi connectivity index (χ0v) is 6.65. The molecule has 0 aromatic carbocycles. The Bertz CT molecular complexity index is 184. The van der Waals surface area contributed by atoms with Gasteiger partial charge in [-0.1, -0.05) is 6.92 Å². The summed E-state index contributed by atoms with van der Waals surface area (Å²) in [6, 6.07) is 0. The van der Waals surface area contributed by atoms with E-state index in [9.17, 15) is 9.59 Å². The molecule has 0 bridgehead atoms. The number of carbonyl (C=O) groups excluding carboxylic acids is 2. The van der Waals surface area contributed by atoms with Crippen molar-refractivity contribution in [2.45, 2.75) is 13.3 Å². The molecular weight excluding hydrogens is 164 g/mol. The van der Waals surface area contributed by atoms with Gasteiger partial charge in [0.2, 0.25) is 0 Å². The average Bonchev–Trinajstić information content (AvgIpc) is 2.10. The Morgan fingerprint density at radius 3 is 2.42 bits per heavy atom. The number of hydrogen-bond acceptors (Lipinski definition) is 5. The van der Waals surface area contributed by atoms with Crippen molar-refractivity contribution >= 4 is 11.9 Å². The van der Waals surface area contributed by atoms with Crippen LogP contribution >= 0.6 is 0 Å². The van der Waals surface area contributed by atoms with Crippen LogP contribution in [0.3, 0.4) is 0 Å². The van der Waals surface area contributed by atoms with E-state index in [4.69, 9.17) is 5.26 Å². The monoisotopic (exact) mass is 174 g/mol. The molecule has 12 heavy (non-hydrogen) atoms. The number of rotatable bonds is 4. The van der Waals surface area contributed by atoms with Crippen molar-refractivity contribution in [3.8, 4) is 0 Å². The minimum Gasteiger partial charge on any atom is -0.463 e. The molecule has 0 heterocycles. The van der Waals surface area contributed by atoms with Gasteiger partial charge in [0.15, 0.2) is 0 Å². The Morgan fingerprint density at radius 2 is 1.92 bits per heavy atom. The predicted molar refractivity (Wildman–Crippen MR) is 39.1 cm³/mol. The summed E-state index contributed by atoms with van der Waals surface area (Å²) < 4.78 is 4.57. The standard InChI is InChI=1S/C7H10O5/c1-2-5-11-6(8)3-4-7(9)12-10/h3-4,10H,2,5H2,1H3. The smallest absolute Gasteiger partial charge is 0.365 e. The number of carbonyl (C=O) groups is 2. The first-order valence-corrected chi connectivity index (χ1v) is 3.41. The van der Waals surface area contributed by atoms with Crippen LogP contribution in [0, 0.1) is 0 Å². The molecule has 68 valence electrons. The van der Waals surface area contributed by atoms with Gasteiger partial charge in [0.05, 0.1) is 6.61 Å². The second-order valence-electron chi connectivity index (χ2n) is 1.91. The van der Waals surface area contributed by atoms with Crippen molar-refractivity contribution in [2.24, 2.45) is 0 Å². The maximum absolute atomic E-state index is 10.6. The van der Waals surface area contributed by atoms with E-state index in [0.717, 1.165) is 12.2 Å². The van der Waals surface area contributed by atoms with E-state index in [2.05, 4.69) is 9.62 Å². The molecule has 0 spiro atoms. The second-order valence-corrected chi connectivity index (χ2v) is 1.91. The van der Waals surface area contributed by atoms with Crippen LogP contribution in [-0.4, -0.2) is 23.8 Å².